The molecule has 0 spiro atoms. The Hall–Kier alpha value is -0.580. The van der Waals surface area contributed by atoms with Crippen molar-refractivity contribution in [2.45, 2.75) is 26.8 Å². The van der Waals surface area contributed by atoms with E-state index in [-0.39, 0.29) is 6.04 Å². The zero-order valence-corrected chi connectivity index (χ0v) is 11.9. The van der Waals surface area contributed by atoms with Gasteiger partial charge in [0, 0.05) is 15.4 Å². The SMILES string of the molecule is Cc1oc(C)c(C(N)c2cscc2Br)c1C. The minimum Gasteiger partial charge on any atom is -0.466 e. The van der Waals surface area contributed by atoms with E-state index in [4.69, 9.17) is 10.2 Å². The summed E-state index contributed by atoms with van der Waals surface area (Å²) in [5, 5.41) is 4.13. The number of halogens is 1. The highest BCUT2D eigenvalue weighted by molar-refractivity contribution is 9.10. The molecule has 0 saturated heterocycles. The largest absolute Gasteiger partial charge is 0.466 e. The van der Waals surface area contributed by atoms with Crippen molar-refractivity contribution in [2.75, 3.05) is 0 Å². The predicted octanol–water partition coefficient (Wildman–Crippen LogP) is 4.08. The molecule has 4 heteroatoms. The van der Waals surface area contributed by atoms with Crippen LogP contribution in [0.2, 0.25) is 0 Å². The van der Waals surface area contributed by atoms with Crippen LogP contribution in [0.1, 0.15) is 34.3 Å². The Morgan fingerprint density at radius 3 is 2.38 bits per heavy atom. The van der Waals surface area contributed by atoms with Crippen molar-refractivity contribution in [3.05, 3.63) is 43.4 Å². The van der Waals surface area contributed by atoms with Crippen LogP contribution in [0.5, 0.6) is 0 Å². The number of nitrogens with two attached hydrogens (primary N) is 1. The van der Waals surface area contributed by atoms with E-state index < -0.39 is 0 Å². The molecule has 0 radical (unpaired) electrons. The molecule has 0 aliphatic heterocycles. The highest BCUT2D eigenvalue weighted by Crippen LogP contribution is 2.34. The van der Waals surface area contributed by atoms with E-state index in [9.17, 15) is 0 Å². The first-order valence-corrected chi connectivity index (χ1v) is 6.79. The Bertz CT molecular complexity index is 515. The smallest absolute Gasteiger partial charge is 0.106 e. The first-order chi connectivity index (χ1) is 7.52. The van der Waals surface area contributed by atoms with Gasteiger partial charge in [-0.15, -0.1) is 0 Å². The van der Waals surface area contributed by atoms with Gasteiger partial charge in [-0.3, -0.25) is 0 Å². The molecule has 2 aromatic rings. The molecule has 2 nitrogen and oxygen atoms in total. The zero-order chi connectivity index (χ0) is 11.9. The van der Waals surface area contributed by atoms with Crippen LogP contribution < -0.4 is 5.73 Å². The van der Waals surface area contributed by atoms with Crippen LogP contribution in [0.3, 0.4) is 0 Å². The fourth-order valence-electron chi connectivity index (χ4n) is 1.94. The number of hydrogen-bond acceptors (Lipinski definition) is 3. The molecule has 0 aromatic carbocycles. The molecule has 2 heterocycles. The molecule has 2 N–H and O–H groups in total. The normalized spacial score (nSPS) is 13.1. The Balaban J connectivity index is 2.49. The van der Waals surface area contributed by atoms with Gasteiger partial charge in [0.1, 0.15) is 11.5 Å². The van der Waals surface area contributed by atoms with Gasteiger partial charge in [0.25, 0.3) is 0 Å². The first-order valence-electron chi connectivity index (χ1n) is 5.06. The summed E-state index contributed by atoms with van der Waals surface area (Å²) in [6.07, 6.45) is 0. The standard InChI is InChI=1S/C12H14BrNOS/c1-6-7(2)15-8(3)11(6)12(14)9-4-16-5-10(9)13/h4-5,12H,14H2,1-3H3. The third kappa shape index (κ3) is 1.85. The highest BCUT2D eigenvalue weighted by Gasteiger charge is 2.21. The summed E-state index contributed by atoms with van der Waals surface area (Å²) in [5.41, 5.74) is 9.68. The maximum atomic E-state index is 6.29. The fraction of sp³-hybridized carbons (Fsp3) is 0.333. The molecule has 0 saturated carbocycles. The minimum atomic E-state index is -0.113. The average Bonchev–Trinajstić information content (AvgIpc) is 2.73. The number of thiophene rings is 1. The van der Waals surface area contributed by atoms with Crippen LogP contribution in [-0.2, 0) is 0 Å². The second kappa shape index (κ2) is 4.35. The molecule has 0 amide bonds. The van der Waals surface area contributed by atoms with Crippen LogP contribution in [0.25, 0.3) is 0 Å². The highest BCUT2D eigenvalue weighted by atomic mass is 79.9. The molecule has 16 heavy (non-hydrogen) atoms. The molecule has 2 aromatic heterocycles. The van der Waals surface area contributed by atoms with E-state index in [0.29, 0.717) is 0 Å². The van der Waals surface area contributed by atoms with Crippen molar-refractivity contribution < 1.29 is 4.42 Å². The zero-order valence-electron chi connectivity index (χ0n) is 9.50. The van der Waals surface area contributed by atoms with Gasteiger partial charge in [-0.25, -0.2) is 0 Å². The quantitative estimate of drug-likeness (QED) is 0.907. The molecule has 0 bridgehead atoms. The first kappa shape index (κ1) is 11.9. The molecule has 0 aliphatic carbocycles. The van der Waals surface area contributed by atoms with Crippen molar-refractivity contribution in [1.82, 2.24) is 0 Å². The molecule has 86 valence electrons. The Kier molecular flexibility index (Phi) is 3.24. The fourth-order valence-corrected chi connectivity index (χ4v) is 3.52. The monoisotopic (exact) mass is 299 g/mol. The molecule has 2 rings (SSSR count). The molecule has 0 aliphatic rings. The Morgan fingerprint density at radius 1 is 1.25 bits per heavy atom. The summed E-state index contributed by atoms with van der Waals surface area (Å²) in [6.45, 7) is 6.00. The minimum absolute atomic E-state index is 0.113. The van der Waals surface area contributed by atoms with E-state index in [1.54, 1.807) is 11.3 Å². The van der Waals surface area contributed by atoms with Crippen molar-refractivity contribution >= 4 is 27.3 Å². The lowest BCUT2D eigenvalue weighted by atomic mass is 9.98. The Labute approximate surface area is 108 Å². The summed E-state index contributed by atoms with van der Waals surface area (Å²) < 4.78 is 6.68. The van der Waals surface area contributed by atoms with Crippen LogP contribution in [0.4, 0.5) is 0 Å². The summed E-state index contributed by atoms with van der Waals surface area (Å²) in [5.74, 6) is 1.87. The van der Waals surface area contributed by atoms with Gasteiger partial charge < -0.3 is 10.2 Å². The van der Waals surface area contributed by atoms with E-state index >= 15 is 0 Å². The van der Waals surface area contributed by atoms with Crippen molar-refractivity contribution in [3.8, 4) is 0 Å². The number of aryl methyl sites for hydroxylation is 2. The molecular formula is C12H14BrNOS. The van der Waals surface area contributed by atoms with Gasteiger partial charge in [0.15, 0.2) is 0 Å². The van der Waals surface area contributed by atoms with Crippen molar-refractivity contribution in [3.63, 3.8) is 0 Å². The van der Waals surface area contributed by atoms with E-state index in [2.05, 4.69) is 28.2 Å². The van der Waals surface area contributed by atoms with Crippen LogP contribution >= 0.6 is 27.3 Å². The number of furan rings is 1. The molecule has 0 fully saturated rings. The van der Waals surface area contributed by atoms with Crippen LogP contribution in [0, 0.1) is 20.8 Å². The summed E-state index contributed by atoms with van der Waals surface area (Å²) in [6, 6.07) is -0.113. The second-order valence-electron chi connectivity index (χ2n) is 3.91. The van der Waals surface area contributed by atoms with Gasteiger partial charge >= 0.3 is 0 Å². The predicted molar refractivity (Wildman–Crippen MR) is 71.0 cm³/mol. The maximum absolute atomic E-state index is 6.29. The van der Waals surface area contributed by atoms with Crippen LogP contribution in [-0.4, -0.2) is 0 Å². The van der Waals surface area contributed by atoms with Crippen LogP contribution in [0.15, 0.2) is 19.6 Å². The second-order valence-corrected chi connectivity index (χ2v) is 5.50. The van der Waals surface area contributed by atoms with Gasteiger partial charge in [0.05, 0.1) is 6.04 Å². The summed E-state index contributed by atoms with van der Waals surface area (Å²) in [4.78, 5) is 0. The Morgan fingerprint density at radius 2 is 1.94 bits per heavy atom. The number of rotatable bonds is 2. The molecule has 1 atom stereocenters. The third-order valence-electron chi connectivity index (χ3n) is 2.91. The average molecular weight is 300 g/mol. The lowest BCUT2D eigenvalue weighted by molar-refractivity contribution is 0.498. The summed E-state index contributed by atoms with van der Waals surface area (Å²) >= 11 is 5.17. The van der Waals surface area contributed by atoms with Gasteiger partial charge in [-0.05, 0) is 53.2 Å². The summed E-state index contributed by atoms with van der Waals surface area (Å²) in [7, 11) is 0. The van der Waals surface area contributed by atoms with Gasteiger partial charge in [-0.1, -0.05) is 0 Å². The lowest BCUT2D eigenvalue weighted by Gasteiger charge is -2.11. The van der Waals surface area contributed by atoms with E-state index in [1.807, 2.05) is 19.2 Å². The lowest BCUT2D eigenvalue weighted by Crippen LogP contribution is -2.13. The van der Waals surface area contributed by atoms with Gasteiger partial charge in [-0.2, -0.15) is 11.3 Å². The van der Waals surface area contributed by atoms with E-state index in [1.165, 1.54) is 0 Å². The van der Waals surface area contributed by atoms with Crippen molar-refractivity contribution in [2.24, 2.45) is 5.73 Å². The number of hydrogen-bond donors (Lipinski definition) is 1. The molecular weight excluding hydrogens is 286 g/mol. The van der Waals surface area contributed by atoms with Gasteiger partial charge in [0.2, 0.25) is 0 Å². The van der Waals surface area contributed by atoms with E-state index in [0.717, 1.165) is 32.7 Å². The topological polar surface area (TPSA) is 39.2 Å². The van der Waals surface area contributed by atoms with Crippen molar-refractivity contribution in [1.29, 1.82) is 0 Å². The molecule has 1 unspecified atom stereocenters. The third-order valence-corrected chi connectivity index (χ3v) is 4.66. The maximum Gasteiger partial charge on any atom is 0.106 e.